The number of nitrogens with zero attached hydrogens (tertiary/aromatic N) is 2. The van der Waals surface area contributed by atoms with Crippen LogP contribution in [0.15, 0.2) is 18.2 Å². The highest BCUT2D eigenvalue weighted by molar-refractivity contribution is 5.76. The summed E-state index contributed by atoms with van der Waals surface area (Å²) in [6.45, 7) is 3.04. The molecule has 0 aliphatic carbocycles. The van der Waals surface area contributed by atoms with E-state index >= 15 is 0 Å². The summed E-state index contributed by atoms with van der Waals surface area (Å²) < 4.78 is 2.13. The highest BCUT2D eigenvalue weighted by Crippen LogP contribution is 2.22. The molecule has 2 rings (SSSR count). The highest BCUT2D eigenvalue weighted by atomic mass is 15.0. The lowest BCUT2D eigenvalue weighted by atomic mass is 10.0. The first-order chi connectivity index (χ1) is 8.67. The minimum absolute atomic E-state index is 0.379. The Balaban J connectivity index is 2.33. The molecule has 1 aromatic heterocycles. The normalized spacial score (nSPS) is 13.1. The smallest absolute Gasteiger partial charge is 0.106 e. The van der Waals surface area contributed by atoms with Crippen molar-refractivity contribution in [3.63, 3.8) is 0 Å². The van der Waals surface area contributed by atoms with Crippen molar-refractivity contribution in [1.82, 2.24) is 20.2 Å². The predicted octanol–water partition coefficient (Wildman–Crippen LogP) is 1.75. The van der Waals surface area contributed by atoms with Crippen LogP contribution in [0.25, 0.3) is 11.0 Å². The first kappa shape index (κ1) is 13.1. The van der Waals surface area contributed by atoms with Crippen LogP contribution in [-0.4, -0.2) is 30.2 Å². The number of aryl methyl sites for hydroxylation is 2. The molecule has 4 heteroatoms. The summed E-state index contributed by atoms with van der Waals surface area (Å²) in [5, 5.41) is 6.56. The molecule has 0 saturated carbocycles. The molecule has 2 N–H and O–H groups in total. The third-order valence-electron chi connectivity index (χ3n) is 3.56. The van der Waals surface area contributed by atoms with Gasteiger partial charge in [-0.25, -0.2) is 4.98 Å². The Labute approximate surface area is 108 Å². The molecule has 0 aliphatic rings. The van der Waals surface area contributed by atoms with Crippen LogP contribution >= 0.6 is 0 Å². The second kappa shape index (κ2) is 5.50. The quantitative estimate of drug-likeness (QED) is 0.844. The molecule has 0 aliphatic heterocycles. The van der Waals surface area contributed by atoms with E-state index in [1.165, 1.54) is 11.1 Å². The number of fused-ring (bicyclic) bond motifs is 1. The van der Waals surface area contributed by atoms with Crippen LogP contribution in [0.3, 0.4) is 0 Å². The van der Waals surface area contributed by atoms with E-state index in [4.69, 9.17) is 0 Å². The lowest BCUT2D eigenvalue weighted by Crippen LogP contribution is -2.21. The topological polar surface area (TPSA) is 41.9 Å². The zero-order valence-electron chi connectivity index (χ0n) is 11.6. The molecule has 1 heterocycles. The van der Waals surface area contributed by atoms with Gasteiger partial charge in [-0.1, -0.05) is 6.07 Å². The lowest BCUT2D eigenvalue weighted by Gasteiger charge is -2.16. The monoisotopic (exact) mass is 246 g/mol. The number of nitrogens with one attached hydrogen (secondary N) is 2. The molecular weight excluding hydrogens is 224 g/mol. The Morgan fingerprint density at radius 1 is 1.33 bits per heavy atom. The van der Waals surface area contributed by atoms with Crippen molar-refractivity contribution < 1.29 is 0 Å². The average Bonchev–Trinajstić information content (AvgIpc) is 2.66. The molecule has 2 aromatic rings. The van der Waals surface area contributed by atoms with E-state index in [2.05, 4.69) is 45.4 Å². The van der Waals surface area contributed by atoms with Gasteiger partial charge in [0, 0.05) is 13.1 Å². The Hall–Kier alpha value is -1.39. The molecule has 1 atom stereocenters. The number of imidazole rings is 1. The molecule has 1 unspecified atom stereocenters. The summed E-state index contributed by atoms with van der Waals surface area (Å²) in [5.74, 6) is 1.05. The van der Waals surface area contributed by atoms with E-state index in [9.17, 15) is 0 Å². The summed E-state index contributed by atoms with van der Waals surface area (Å²) in [6, 6.07) is 6.93. The predicted molar refractivity (Wildman–Crippen MR) is 75.8 cm³/mol. The van der Waals surface area contributed by atoms with Gasteiger partial charge in [-0.05, 0) is 51.7 Å². The van der Waals surface area contributed by atoms with Crippen LogP contribution in [0.4, 0.5) is 0 Å². The van der Waals surface area contributed by atoms with Gasteiger partial charge in [-0.3, -0.25) is 0 Å². The third-order valence-corrected chi connectivity index (χ3v) is 3.56. The standard InChI is InChI=1S/C14H22N4/c1-10-17-13-9-11(5-6-14(13)18(10)4)12(16-3)7-8-15-2/h5-6,9,12,15-16H,7-8H2,1-4H3. The molecule has 98 valence electrons. The maximum absolute atomic E-state index is 4.59. The molecule has 0 bridgehead atoms. The fourth-order valence-electron chi connectivity index (χ4n) is 2.32. The average molecular weight is 246 g/mol. The van der Waals surface area contributed by atoms with Gasteiger partial charge in [0.1, 0.15) is 5.82 Å². The number of benzene rings is 1. The summed E-state index contributed by atoms with van der Waals surface area (Å²) >= 11 is 0. The number of rotatable bonds is 5. The highest BCUT2D eigenvalue weighted by Gasteiger charge is 2.11. The van der Waals surface area contributed by atoms with Crippen molar-refractivity contribution >= 4 is 11.0 Å². The minimum Gasteiger partial charge on any atom is -0.331 e. The molecule has 0 radical (unpaired) electrons. The van der Waals surface area contributed by atoms with Crippen molar-refractivity contribution in [3.05, 3.63) is 29.6 Å². The SMILES string of the molecule is CNCCC(NC)c1ccc2c(c1)nc(C)n2C. The molecule has 0 fully saturated rings. The van der Waals surface area contributed by atoms with Gasteiger partial charge in [-0.15, -0.1) is 0 Å². The molecule has 18 heavy (non-hydrogen) atoms. The lowest BCUT2D eigenvalue weighted by molar-refractivity contribution is 0.533. The van der Waals surface area contributed by atoms with Crippen LogP contribution in [0.5, 0.6) is 0 Å². The minimum atomic E-state index is 0.379. The first-order valence-electron chi connectivity index (χ1n) is 6.42. The summed E-state index contributed by atoms with van der Waals surface area (Å²) in [7, 11) is 6.05. The molecule has 0 saturated heterocycles. The first-order valence-corrected chi connectivity index (χ1v) is 6.42. The van der Waals surface area contributed by atoms with E-state index in [0.29, 0.717) is 6.04 Å². The molecule has 4 nitrogen and oxygen atoms in total. The van der Waals surface area contributed by atoms with Crippen molar-refractivity contribution in [3.8, 4) is 0 Å². The molecule has 0 spiro atoms. The van der Waals surface area contributed by atoms with Crippen molar-refractivity contribution in [2.45, 2.75) is 19.4 Å². The zero-order chi connectivity index (χ0) is 13.1. The largest absolute Gasteiger partial charge is 0.331 e. The van der Waals surface area contributed by atoms with E-state index in [1.54, 1.807) is 0 Å². The second-order valence-corrected chi connectivity index (χ2v) is 4.70. The van der Waals surface area contributed by atoms with Crippen LogP contribution in [0.1, 0.15) is 23.9 Å². The molecule has 0 amide bonds. The van der Waals surface area contributed by atoms with E-state index in [1.807, 2.05) is 21.0 Å². The van der Waals surface area contributed by atoms with Gasteiger partial charge in [0.05, 0.1) is 11.0 Å². The maximum atomic E-state index is 4.59. The van der Waals surface area contributed by atoms with Crippen molar-refractivity contribution in [2.75, 3.05) is 20.6 Å². The van der Waals surface area contributed by atoms with Gasteiger partial charge < -0.3 is 15.2 Å². The third kappa shape index (κ3) is 2.40. The summed E-state index contributed by atoms with van der Waals surface area (Å²) in [4.78, 5) is 4.59. The van der Waals surface area contributed by atoms with Crippen LogP contribution in [0.2, 0.25) is 0 Å². The maximum Gasteiger partial charge on any atom is 0.106 e. The van der Waals surface area contributed by atoms with Crippen molar-refractivity contribution in [1.29, 1.82) is 0 Å². The van der Waals surface area contributed by atoms with Crippen LogP contribution in [-0.2, 0) is 7.05 Å². The second-order valence-electron chi connectivity index (χ2n) is 4.70. The van der Waals surface area contributed by atoms with Gasteiger partial charge >= 0.3 is 0 Å². The zero-order valence-corrected chi connectivity index (χ0v) is 11.6. The Kier molecular flexibility index (Phi) is 3.99. The Morgan fingerprint density at radius 3 is 2.78 bits per heavy atom. The van der Waals surface area contributed by atoms with E-state index in [0.717, 1.165) is 24.3 Å². The van der Waals surface area contributed by atoms with Crippen LogP contribution < -0.4 is 10.6 Å². The summed E-state index contributed by atoms with van der Waals surface area (Å²) in [6.07, 6.45) is 1.07. The van der Waals surface area contributed by atoms with E-state index in [-0.39, 0.29) is 0 Å². The van der Waals surface area contributed by atoms with Crippen molar-refractivity contribution in [2.24, 2.45) is 7.05 Å². The van der Waals surface area contributed by atoms with Gasteiger partial charge in [0.2, 0.25) is 0 Å². The Bertz CT molecular complexity index is 530. The van der Waals surface area contributed by atoms with Crippen LogP contribution in [0, 0.1) is 6.92 Å². The fourth-order valence-corrected chi connectivity index (χ4v) is 2.32. The molecular formula is C14H22N4. The fraction of sp³-hybridized carbons (Fsp3) is 0.500. The molecule has 1 aromatic carbocycles. The van der Waals surface area contributed by atoms with E-state index < -0.39 is 0 Å². The van der Waals surface area contributed by atoms with Gasteiger partial charge in [-0.2, -0.15) is 0 Å². The number of aromatic nitrogens is 2. The van der Waals surface area contributed by atoms with Gasteiger partial charge in [0.15, 0.2) is 0 Å². The number of hydrogen-bond donors (Lipinski definition) is 2. The number of hydrogen-bond acceptors (Lipinski definition) is 3. The Morgan fingerprint density at radius 2 is 2.11 bits per heavy atom. The van der Waals surface area contributed by atoms with Gasteiger partial charge in [0.25, 0.3) is 0 Å². The summed E-state index contributed by atoms with van der Waals surface area (Å²) in [5.41, 5.74) is 3.58.